The molecular formula is C25H37N2O6PS. The molecule has 3 atom stereocenters. The highest BCUT2D eigenvalue weighted by molar-refractivity contribution is 7.98. The first-order valence-electron chi connectivity index (χ1n) is 11.6. The molecule has 0 radical (unpaired) electrons. The Morgan fingerprint density at radius 1 is 1.20 bits per heavy atom. The maximum atomic E-state index is 13.8. The first-order valence-corrected chi connectivity index (χ1v) is 14.5. The molecule has 194 valence electrons. The molecule has 2 rings (SSSR count). The van der Waals surface area contributed by atoms with Crippen LogP contribution in [0.3, 0.4) is 0 Å². The Balaban J connectivity index is 2.18. The van der Waals surface area contributed by atoms with E-state index in [1.54, 1.807) is 49.0 Å². The zero-order valence-corrected chi connectivity index (χ0v) is 22.4. The van der Waals surface area contributed by atoms with Crippen LogP contribution in [-0.4, -0.2) is 54.5 Å². The van der Waals surface area contributed by atoms with E-state index >= 15 is 0 Å². The van der Waals surface area contributed by atoms with Crippen LogP contribution >= 0.6 is 19.5 Å². The minimum Gasteiger partial charge on any atom is -0.465 e. The normalized spacial score (nSPS) is 15.6. The van der Waals surface area contributed by atoms with E-state index in [0.29, 0.717) is 30.8 Å². The van der Waals surface area contributed by atoms with E-state index in [-0.39, 0.29) is 19.8 Å². The van der Waals surface area contributed by atoms with Crippen LogP contribution in [0, 0.1) is 6.92 Å². The van der Waals surface area contributed by atoms with Gasteiger partial charge < -0.3 is 20.1 Å². The van der Waals surface area contributed by atoms with Gasteiger partial charge >= 0.3 is 13.7 Å². The van der Waals surface area contributed by atoms with Gasteiger partial charge in [-0.1, -0.05) is 48.0 Å². The lowest BCUT2D eigenvalue weighted by Gasteiger charge is -2.30. The Hall–Kier alpha value is -1.87. The topological polar surface area (TPSA) is 120 Å². The molecule has 10 heteroatoms. The van der Waals surface area contributed by atoms with Crippen LogP contribution in [0.25, 0.3) is 0 Å². The zero-order chi connectivity index (χ0) is 25.7. The van der Waals surface area contributed by atoms with Gasteiger partial charge in [0, 0.05) is 0 Å². The van der Waals surface area contributed by atoms with E-state index in [0.717, 1.165) is 11.1 Å². The number of ether oxygens (including phenoxy) is 1. The average Bonchev–Trinajstić information content (AvgIpc) is 2.86. The van der Waals surface area contributed by atoms with Gasteiger partial charge in [-0.05, 0) is 62.8 Å². The molecule has 2 unspecified atom stereocenters. The van der Waals surface area contributed by atoms with Gasteiger partial charge in [-0.25, -0.2) is 4.57 Å². The number of aliphatic hydroxyl groups excluding tert-OH is 1. The summed E-state index contributed by atoms with van der Waals surface area (Å²) in [5, 5.41) is 12.8. The Bertz CT molecular complexity index is 947. The number of hydrogen-bond donors (Lipinski definition) is 3. The molecular weight excluding hydrogens is 487 g/mol. The van der Waals surface area contributed by atoms with Gasteiger partial charge in [-0.15, -0.1) is 0 Å². The number of esters is 1. The maximum absolute atomic E-state index is 13.8. The highest BCUT2D eigenvalue weighted by Gasteiger charge is 2.37. The summed E-state index contributed by atoms with van der Waals surface area (Å²) in [5.41, 5.74) is 7.48. The van der Waals surface area contributed by atoms with Crippen molar-refractivity contribution in [2.75, 3.05) is 31.8 Å². The molecule has 0 saturated carbocycles. The lowest BCUT2D eigenvalue weighted by molar-refractivity contribution is -0.145. The number of aryl methyl sites for hydroxylation is 2. The summed E-state index contributed by atoms with van der Waals surface area (Å²) >= 11 is 1.55. The van der Waals surface area contributed by atoms with Crippen molar-refractivity contribution in [3.8, 4) is 5.75 Å². The van der Waals surface area contributed by atoms with E-state index in [9.17, 15) is 14.5 Å². The minimum atomic E-state index is -4.08. The molecule has 2 aromatic rings. The third-order valence-electron chi connectivity index (χ3n) is 5.33. The van der Waals surface area contributed by atoms with Crippen molar-refractivity contribution in [3.63, 3.8) is 0 Å². The highest BCUT2D eigenvalue weighted by Crippen LogP contribution is 2.46. The first-order chi connectivity index (χ1) is 16.7. The molecule has 0 spiro atoms. The number of rotatable bonds is 16. The fraction of sp³-hybridized carbons (Fsp3) is 0.480. The van der Waals surface area contributed by atoms with Crippen molar-refractivity contribution in [1.82, 2.24) is 5.09 Å². The van der Waals surface area contributed by atoms with Gasteiger partial charge in [0.15, 0.2) is 0 Å². The molecule has 4 N–H and O–H groups in total. The summed E-state index contributed by atoms with van der Waals surface area (Å²) in [7, 11) is -4.08. The molecule has 0 amide bonds. The van der Waals surface area contributed by atoms with Crippen molar-refractivity contribution in [2.24, 2.45) is 5.73 Å². The quantitative estimate of drug-likeness (QED) is 0.220. The van der Waals surface area contributed by atoms with E-state index in [4.69, 9.17) is 19.5 Å². The maximum Gasteiger partial charge on any atom is 0.459 e. The summed E-state index contributed by atoms with van der Waals surface area (Å²) in [6, 6.07) is 15.7. The number of nitrogens with two attached hydrogens (primary N) is 1. The number of carbonyl (C=O) groups excluding carboxylic acids is 1. The second kappa shape index (κ2) is 14.6. The van der Waals surface area contributed by atoms with Crippen molar-refractivity contribution in [3.05, 3.63) is 65.7 Å². The summed E-state index contributed by atoms with van der Waals surface area (Å²) in [4.78, 5) is 12.5. The predicted molar refractivity (Wildman–Crippen MR) is 141 cm³/mol. The lowest BCUT2D eigenvalue weighted by Crippen LogP contribution is -2.49. The van der Waals surface area contributed by atoms with E-state index in [1.165, 1.54) is 0 Å². The number of aliphatic hydroxyl groups is 1. The van der Waals surface area contributed by atoms with Crippen LogP contribution in [0.2, 0.25) is 0 Å². The SMILES string of the molecule is CCOC(=O)[C@H](CCSC)NP(=O)(OCC(N)(CO)CCc1ccc(C)cc1)Oc1ccccc1. The molecule has 0 aromatic heterocycles. The number of nitrogens with one attached hydrogen (secondary N) is 1. The zero-order valence-electron chi connectivity index (χ0n) is 20.6. The van der Waals surface area contributed by atoms with Crippen molar-refractivity contribution in [2.45, 2.75) is 44.7 Å². The second-order valence-corrected chi connectivity index (χ2v) is 11.1. The number of benzene rings is 2. The van der Waals surface area contributed by atoms with Crippen LogP contribution in [0.4, 0.5) is 0 Å². The first kappa shape index (κ1) is 29.4. The molecule has 35 heavy (non-hydrogen) atoms. The average molecular weight is 525 g/mol. The standard InChI is InChI=1S/C25H37N2O6PS/c1-4-31-24(29)23(15-17-35-3)27-34(30,33-22-8-6-5-7-9-22)32-19-25(26,18-28)16-14-21-12-10-20(2)11-13-21/h5-13,23,28H,4,14-19,26H2,1-3H3,(H,27,30)/t23-,25?,34?/m0/s1. The third kappa shape index (κ3) is 10.3. The van der Waals surface area contributed by atoms with Crippen LogP contribution in [0.5, 0.6) is 5.75 Å². The second-order valence-electron chi connectivity index (χ2n) is 8.40. The Labute approximate surface area is 212 Å². The minimum absolute atomic E-state index is 0.191. The molecule has 0 aliphatic carbocycles. The fourth-order valence-corrected chi connectivity index (χ4v) is 5.27. The molecule has 8 nitrogen and oxygen atoms in total. The van der Waals surface area contributed by atoms with Gasteiger partial charge in [0.2, 0.25) is 0 Å². The number of hydrogen-bond acceptors (Lipinski definition) is 8. The van der Waals surface area contributed by atoms with E-state index in [1.807, 2.05) is 37.4 Å². The van der Waals surface area contributed by atoms with Crippen LogP contribution in [0.15, 0.2) is 54.6 Å². The van der Waals surface area contributed by atoms with Crippen LogP contribution in [0.1, 0.15) is 30.9 Å². The van der Waals surface area contributed by atoms with Gasteiger partial charge in [-0.2, -0.15) is 16.8 Å². The molecule has 0 heterocycles. The highest BCUT2D eigenvalue weighted by atomic mass is 32.2. The van der Waals surface area contributed by atoms with Crippen molar-refractivity contribution < 1.29 is 28.3 Å². The van der Waals surface area contributed by atoms with Gasteiger partial charge in [-0.3, -0.25) is 9.32 Å². The Morgan fingerprint density at radius 2 is 1.89 bits per heavy atom. The Kier molecular flexibility index (Phi) is 12.3. The fourth-order valence-electron chi connectivity index (χ4n) is 3.17. The van der Waals surface area contributed by atoms with Crippen molar-refractivity contribution in [1.29, 1.82) is 0 Å². The van der Waals surface area contributed by atoms with Gasteiger partial charge in [0.1, 0.15) is 11.8 Å². The molecule has 0 aliphatic heterocycles. The third-order valence-corrected chi connectivity index (χ3v) is 7.53. The monoisotopic (exact) mass is 524 g/mol. The van der Waals surface area contributed by atoms with Crippen LogP contribution in [-0.2, 0) is 25.0 Å². The number of carbonyl (C=O) groups is 1. The van der Waals surface area contributed by atoms with Gasteiger partial charge in [0.25, 0.3) is 0 Å². The van der Waals surface area contributed by atoms with E-state index in [2.05, 4.69) is 5.09 Å². The van der Waals surface area contributed by atoms with Crippen molar-refractivity contribution >= 4 is 25.5 Å². The smallest absolute Gasteiger partial charge is 0.459 e. The predicted octanol–water partition coefficient (Wildman–Crippen LogP) is 4.10. The van der Waals surface area contributed by atoms with E-state index < -0.39 is 25.3 Å². The summed E-state index contributed by atoms with van der Waals surface area (Å²) in [6.07, 6.45) is 3.28. The lowest BCUT2D eigenvalue weighted by atomic mass is 9.94. The summed E-state index contributed by atoms with van der Waals surface area (Å²) < 4.78 is 30.5. The van der Waals surface area contributed by atoms with Gasteiger partial charge in [0.05, 0.1) is 25.4 Å². The molecule has 2 aromatic carbocycles. The molecule has 0 saturated heterocycles. The Morgan fingerprint density at radius 3 is 2.49 bits per heavy atom. The largest absolute Gasteiger partial charge is 0.465 e. The molecule has 0 fully saturated rings. The van der Waals surface area contributed by atoms with Crippen LogP contribution < -0.4 is 15.3 Å². The number of para-hydroxylation sites is 1. The summed E-state index contributed by atoms with van der Waals surface area (Å²) in [6.45, 7) is 3.29. The molecule has 0 aliphatic rings. The summed E-state index contributed by atoms with van der Waals surface area (Å²) in [5.74, 6) is 0.403. The number of thioether (sulfide) groups is 1. The molecule has 0 bridgehead atoms.